The van der Waals surface area contributed by atoms with E-state index in [0.29, 0.717) is 0 Å². The van der Waals surface area contributed by atoms with E-state index in [1.165, 1.54) is 0 Å². The Hall–Kier alpha value is -0.410. The molecular formula is C5H11F4NO3S. The predicted octanol–water partition coefficient (Wildman–Crippen LogP) is 2.06. The van der Waals surface area contributed by atoms with Crippen molar-refractivity contribution in [1.29, 1.82) is 0 Å². The fraction of sp³-hybridized carbons (Fsp3) is 1.00. The number of hydrogen-bond acceptors (Lipinski definition) is 3. The minimum absolute atomic E-state index is 0. The third-order valence-corrected chi connectivity index (χ3v) is 2.10. The van der Waals surface area contributed by atoms with Gasteiger partial charge < -0.3 is 6.15 Å². The van der Waals surface area contributed by atoms with Crippen LogP contribution in [0.15, 0.2) is 0 Å². The zero-order chi connectivity index (χ0) is 10.7. The van der Waals surface area contributed by atoms with Crippen LogP contribution in [-0.4, -0.2) is 24.7 Å². The summed E-state index contributed by atoms with van der Waals surface area (Å²) in [4.78, 5) is 0. The normalized spacial score (nSPS) is 14.6. The summed E-state index contributed by atoms with van der Waals surface area (Å²) in [6, 6.07) is 0. The van der Waals surface area contributed by atoms with E-state index in [1.807, 2.05) is 0 Å². The number of halogens is 4. The lowest BCUT2D eigenvalue weighted by atomic mass is 10.2. The molecular weight excluding hydrogens is 230 g/mol. The Kier molecular flexibility index (Phi) is 6.26. The number of alkyl halides is 4. The smallest absolute Gasteiger partial charge is 0.344 e. The maximum Gasteiger partial charge on any atom is 0.389 e. The Labute approximate surface area is 78.6 Å². The highest BCUT2D eigenvalue weighted by atomic mass is 32.2. The summed E-state index contributed by atoms with van der Waals surface area (Å²) >= 11 is 0. The molecule has 0 saturated heterocycles. The van der Waals surface area contributed by atoms with Crippen molar-refractivity contribution in [3.8, 4) is 0 Å². The van der Waals surface area contributed by atoms with Crippen molar-refractivity contribution in [2.24, 2.45) is 0 Å². The topological polar surface area (TPSA) is 89.4 Å². The highest BCUT2D eigenvalue weighted by Gasteiger charge is 2.29. The quantitative estimate of drug-likeness (QED) is 0.582. The summed E-state index contributed by atoms with van der Waals surface area (Å²) < 4.78 is 74.7. The first-order valence-electron chi connectivity index (χ1n) is 3.30. The molecule has 88 valence electrons. The maximum atomic E-state index is 12.3. The van der Waals surface area contributed by atoms with Crippen LogP contribution in [0.4, 0.5) is 17.6 Å². The first-order chi connectivity index (χ1) is 5.63. The van der Waals surface area contributed by atoms with Crippen LogP contribution in [0.3, 0.4) is 0 Å². The second kappa shape index (κ2) is 5.47. The van der Waals surface area contributed by atoms with Crippen LogP contribution in [0.2, 0.25) is 0 Å². The molecule has 0 radical (unpaired) electrons. The molecule has 1 atom stereocenters. The number of hydrogen-bond donors (Lipinski definition) is 2. The second-order valence-electron chi connectivity index (χ2n) is 2.43. The molecule has 0 aliphatic carbocycles. The van der Waals surface area contributed by atoms with Gasteiger partial charge >= 0.3 is 6.18 Å². The van der Waals surface area contributed by atoms with Crippen molar-refractivity contribution >= 4 is 10.1 Å². The molecule has 0 amide bonds. The van der Waals surface area contributed by atoms with Crippen LogP contribution < -0.4 is 6.15 Å². The highest BCUT2D eigenvalue weighted by Crippen LogP contribution is 2.23. The zero-order valence-corrected chi connectivity index (χ0v) is 7.91. The Balaban J connectivity index is 0. The van der Waals surface area contributed by atoms with Gasteiger partial charge in [0.1, 0.15) is 0 Å². The van der Waals surface area contributed by atoms with Gasteiger partial charge in [0, 0.05) is 6.42 Å². The molecule has 0 aromatic heterocycles. The van der Waals surface area contributed by atoms with E-state index >= 15 is 0 Å². The van der Waals surface area contributed by atoms with Gasteiger partial charge in [-0.2, -0.15) is 21.6 Å². The highest BCUT2D eigenvalue weighted by molar-refractivity contribution is 7.86. The van der Waals surface area contributed by atoms with Crippen molar-refractivity contribution in [3.63, 3.8) is 0 Å². The summed E-state index contributed by atoms with van der Waals surface area (Å²) in [5, 5.41) is 0. The van der Waals surface area contributed by atoms with Gasteiger partial charge in [-0.3, -0.25) is 4.55 Å². The second-order valence-corrected chi connectivity index (χ2v) is 3.97. The molecule has 4 N–H and O–H groups in total. The molecule has 0 saturated carbocycles. The molecule has 0 aromatic carbocycles. The van der Waals surface area contributed by atoms with E-state index in [2.05, 4.69) is 0 Å². The van der Waals surface area contributed by atoms with Crippen LogP contribution >= 0.6 is 0 Å². The fourth-order valence-corrected chi connectivity index (χ4v) is 1.08. The first-order valence-corrected chi connectivity index (χ1v) is 4.80. The maximum absolute atomic E-state index is 12.3. The average molecular weight is 241 g/mol. The lowest BCUT2D eigenvalue weighted by Crippen LogP contribution is -2.16. The Morgan fingerprint density at radius 1 is 1.29 bits per heavy atom. The van der Waals surface area contributed by atoms with Gasteiger partial charge in [-0.05, 0) is 12.8 Å². The summed E-state index contributed by atoms with van der Waals surface area (Å²) in [5.74, 6) is 0. The van der Waals surface area contributed by atoms with E-state index in [1.54, 1.807) is 0 Å². The summed E-state index contributed by atoms with van der Waals surface area (Å²) in [7, 11) is -4.85. The molecule has 0 fully saturated rings. The molecule has 0 heterocycles. The largest absolute Gasteiger partial charge is 0.389 e. The van der Waals surface area contributed by atoms with Crippen molar-refractivity contribution in [1.82, 2.24) is 6.15 Å². The van der Waals surface area contributed by atoms with Crippen LogP contribution in [-0.2, 0) is 10.1 Å². The van der Waals surface area contributed by atoms with Gasteiger partial charge in [-0.15, -0.1) is 0 Å². The standard InChI is InChI=1S/C5H8F4O3S.H3N/c6-4(13(10,11)12)2-1-3-5(7,8)9;/h4H,1-3H2,(H,10,11,12);1H3. The van der Waals surface area contributed by atoms with Crippen LogP contribution in [0.5, 0.6) is 0 Å². The molecule has 0 rings (SSSR count). The van der Waals surface area contributed by atoms with E-state index in [9.17, 15) is 26.0 Å². The van der Waals surface area contributed by atoms with Crippen LogP contribution in [0, 0.1) is 0 Å². The molecule has 4 nitrogen and oxygen atoms in total. The van der Waals surface area contributed by atoms with Crippen LogP contribution in [0.1, 0.15) is 19.3 Å². The molecule has 1 unspecified atom stereocenters. The van der Waals surface area contributed by atoms with Gasteiger partial charge in [0.15, 0.2) is 0 Å². The van der Waals surface area contributed by atoms with Crippen LogP contribution in [0.25, 0.3) is 0 Å². The minimum Gasteiger partial charge on any atom is -0.344 e. The van der Waals surface area contributed by atoms with Gasteiger partial charge in [0.25, 0.3) is 10.1 Å². The summed E-state index contributed by atoms with van der Waals surface area (Å²) in [5.41, 5.74) is -2.63. The van der Waals surface area contributed by atoms with Crippen molar-refractivity contribution in [2.45, 2.75) is 30.9 Å². The van der Waals surface area contributed by atoms with E-state index in [4.69, 9.17) is 4.55 Å². The minimum atomic E-state index is -4.85. The van der Waals surface area contributed by atoms with Crippen molar-refractivity contribution < 1.29 is 30.5 Å². The predicted molar refractivity (Wildman–Crippen MR) is 41.4 cm³/mol. The molecule has 0 bridgehead atoms. The molecule has 0 aromatic rings. The lowest BCUT2D eigenvalue weighted by Gasteiger charge is -2.06. The SMILES string of the molecule is N.O=S(=O)(O)C(F)CCCC(F)(F)F. The lowest BCUT2D eigenvalue weighted by molar-refractivity contribution is -0.135. The molecule has 14 heavy (non-hydrogen) atoms. The Morgan fingerprint density at radius 3 is 2.00 bits per heavy atom. The molecule has 0 aliphatic heterocycles. The fourth-order valence-electron chi connectivity index (χ4n) is 0.612. The third kappa shape index (κ3) is 8.20. The summed E-state index contributed by atoms with van der Waals surface area (Å²) in [6.07, 6.45) is -7.20. The van der Waals surface area contributed by atoms with Gasteiger partial charge in [-0.25, -0.2) is 4.39 Å². The molecule has 0 aliphatic rings. The van der Waals surface area contributed by atoms with Crippen molar-refractivity contribution in [3.05, 3.63) is 0 Å². The van der Waals surface area contributed by atoms with Gasteiger partial charge in [-0.1, -0.05) is 0 Å². The molecule has 0 spiro atoms. The number of rotatable bonds is 4. The summed E-state index contributed by atoms with van der Waals surface area (Å²) in [6.45, 7) is 0. The first kappa shape index (κ1) is 16.0. The molecule has 9 heteroatoms. The van der Waals surface area contributed by atoms with Gasteiger partial charge in [0.2, 0.25) is 5.50 Å². The van der Waals surface area contributed by atoms with E-state index < -0.39 is 41.1 Å². The van der Waals surface area contributed by atoms with Crippen molar-refractivity contribution in [2.75, 3.05) is 0 Å². The average Bonchev–Trinajstić information content (AvgIpc) is 1.82. The Morgan fingerprint density at radius 2 is 1.71 bits per heavy atom. The van der Waals surface area contributed by atoms with Gasteiger partial charge in [0.05, 0.1) is 0 Å². The van der Waals surface area contributed by atoms with E-state index in [-0.39, 0.29) is 6.15 Å². The third-order valence-electron chi connectivity index (χ3n) is 1.21. The zero-order valence-electron chi connectivity index (χ0n) is 7.09. The van der Waals surface area contributed by atoms with E-state index in [0.717, 1.165) is 0 Å². The monoisotopic (exact) mass is 241 g/mol. The Bertz CT molecular complexity index is 250.